The molecule has 0 saturated carbocycles. The van der Waals surface area contributed by atoms with Gasteiger partial charge in [0.2, 0.25) is 11.8 Å². The van der Waals surface area contributed by atoms with E-state index in [1.807, 2.05) is 11.0 Å². The molecule has 0 aliphatic carbocycles. The van der Waals surface area contributed by atoms with Crippen LogP contribution in [-0.4, -0.2) is 36.3 Å². The van der Waals surface area contributed by atoms with Crippen LogP contribution < -0.4 is 10.6 Å². The number of carbonyl (C=O) groups excluding carboxylic acids is 2. The molecule has 26 heavy (non-hydrogen) atoms. The van der Waals surface area contributed by atoms with Crippen LogP contribution in [-0.2, 0) is 22.6 Å². The maximum atomic E-state index is 14.5. The lowest BCUT2D eigenvalue weighted by molar-refractivity contribution is -0.130. The van der Waals surface area contributed by atoms with Crippen molar-refractivity contribution in [2.75, 3.05) is 25.0 Å². The van der Waals surface area contributed by atoms with Crippen molar-refractivity contribution in [2.45, 2.75) is 45.6 Å². The van der Waals surface area contributed by atoms with Crippen LogP contribution in [0.4, 0.5) is 10.1 Å². The molecule has 2 N–H and O–H groups in total. The van der Waals surface area contributed by atoms with Gasteiger partial charge in [-0.15, -0.1) is 12.4 Å². The molecule has 2 amide bonds. The second-order valence-corrected chi connectivity index (χ2v) is 7.03. The summed E-state index contributed by atoms with van der Waals surface area (Å²) < 4.78 is 14.5. The van der Waals surface area contributed by atoms with E-state index in [9.17, 15) is 14.0 Å². The first-order valence-corrected chi connectivity index (χ1v) is 9.11. The summed E-state index contributed by atoms with van der Waals surface area (Å²) in [6.45, 7) is 4.58. The van der Waals surface area contributed by atoms with E-state index in [0.29, 0.717) is 30.9 Å². The maximum absolute atomic E-state index is 14.5. The zero-order valence-electron chi connectivity index (χ0n) is 15.1. The Morgan fingerprint density at radius 3 is 2.73 bits per heavy atom. The number of halogens is 2. The Bertz CT molecular complexity index is 660. The van der Waals surface area contributed by atoms with Crippen LogP contribution in [0.25, 0.3) is 0 Å². The van der Waals surface area contributed by atoms with Gasteiger partial charge in [-0.25, -0.2) is 4.39 Å². The monoisotopic (exact) mass is 383 g/mol. The molecule has 3 rings (SSSR count). The molecule has 2 aliphatic heterocycles. The SMILES string of the molecule is CC(=O)N1CCC(CCC(=O)Nc2ccc3c(c2F)CCNC3)CC1.Cl. The number of nitrogens with zero attached hydrogens (tertiary/aromatic N) is 1. The van der Waals surface area contributed by atoms with Gasteiger partial charge in [0.05, 0.1) is 5.69 Å². The van der Waals surface area contributed by atoms with Crippen LogP contribution in [0.15, 0.2) is 12.1 Å². The topological polar surface area (TPSA) is 61.4 Å². The van der Waals surface area contributed by atoms with E-state index in [1.165, 1.54) is 0 Å². The molecule has 144 valence electrons. The lowest BCUT2D eigenvalue weighted by Gasteiger charge is -2.31. The Labute approximate surface area is 160 Å². The molecule has 1 fully saturated rings. The molecule has 1 saturated heterocycles. The number of piperidine rings is 1. The van der Waals surface area contributed by atoms with Crippen LogP contribution in [0, 0.1) is 11.7 Å². The van der Waals surface area contributed by atoms with Crippen molar-refractivity contribution in [1.82, 2.24) is 10.2 Å². The fraction of sp³-hybridized carbons (Fsp3) is 0.579. The molecule has 0 spiro atoms. The third-order valence-corrected chi connectivity index (χ3v) is 5.32. The summed E-state index contributed by atoms with van der Waals surface area (Å²) in [6, 6.07) is 3.54. The Balaban J connectivity index is 0.00000243. The van der Waals surface area contributed by atoms with Crippen molar-refractivity contribution in [3.8, 4) is 0 Å². The molecule has 0 radical (unpaired) electrons. The molecule has 0 aromatic heterocycles. The highest BCUT2D eigenvalue weighted by Gasteiger charge is 2.22. The van der Waals surface area contributed by atoms with Gasteiger partial charge in [0.25, 0.3) is 0 Å². The van der Waals surface area contributed by atoms with E-state index < -0.39 is 0 Å². The van der Waals surface area contributed by atoms with E-state index in [0.717, 1.165) is 44.5 Å². The summed E-state index contributed by atoms with van der Waals surface area (Å²) in [5, 5.41) is 5.94. The molecule has 2 heterocycles. The van der Waals surface area contributed by atoms with Gasteiger partial charge in [0.1, 0.15) is 5.82 Å². The van der Waals surface area contributed by atoms with E-state index in [-0.39, 0.29) is 35.7 Å². The Morgan fingerprint density at radius 2 is 2.04 bits per heavy atom. The minimum absolute atomic E-state index is 0. The second kappa shape index (κ2) is 9.33. The summed E-state index contributed by atoms with van der Waals surface area (Å²) in [7, 11) is 0. The zero-order chi connectivity index (χ0) is 17.8. The van der Waals surface area contributed by atoms with Crippen LogP contribution in [0.1, 0.15) is 43.7 Å². The van der Waals surface area contributed by atoms with Gasteiger partial charge in [0, 0.05) is 33.0 Å². The van der Waals surface area contributed by atoms with Crippen LogP contribution in [0.3, 0.4) is 0 Å². The minimum Gasteiger partial charge on any atom is -0.343 e. The molecule has 1 aromatic rings. The summed E-state index contributed by atoms with van der Waals surface area (Å²) in [4.78, 5) is 25.4. The van der Waals surface area contributed by atoms with E-state index >= 15 is 0 Å². The number of fused-ring (bicyclic) bond motifs is 1. The van der Waals surface area contributed by atoms with Crippen molar-refractivity contribution in [2.24, 2.45) is 5.92 Å². The summed E-state index contributed by atoms with van der Waals surface area (Å²) in [5.41, 5.74) is 1.98. The quantitative estimate of drug-likeness (QED) is 0.840. The smallest absolute Gasteiger partial charge is 0.224 e. The average molecular weight is 384 g/mol. The minimum atomic E-state index is -0.290. The van der Waals surface area contributed by atoms with Gasteiger partial charge in [-0.3, -0.25) is 9.59 Å². The number of hydrogen-bond donors (Lipinski definition) is 2. The first-order chi connectivity index (χ1) is 12.0. The van der Waals surface area contributed by atoms with Crippen LogP contribution >= 0.6 is 12.4 Å². The number of likely N-dealkylation sites (tertiary alicyclic amines) is 1. The number of nitrogens with one attached hydrogen (secondary N) is 2. The van der Waals surface area contributed by atoms with Crippen LogP contribution in [0.5, 0.6) is 0 Å². The molecule has 7 heteroatoms. The Kier molecular flexibility index (Phi) is 7.41. The molecular formula is C19H27ClFN3O2. The van der Waals surface area contributed by atoms with Gasteiger partial charge >= 0.3 is 0 Å². The lowest BCUT2D eigenvalue weighted by atomic mass is 9.92. The number of amides is 2. The van der Waals surface area contributed by atoms with E-state index in [4.69, 9.17) is 0 Å². The molecule has 1 aromatic carbocycles. The van der Waals surface area contributed by atoms with Crippen molar-refractivity contribution in [1.29, 1.82) is 0 Å². The number of carbonyl (C=O) groups is 2. The largest absolute Gasteiger partial charge is 0.343 e. The third kappa shape index (κ3) is 4.95. The first kappa shape index (κ1) is 20.6. The van der Waals surface area contributed by atoms with Gasteiger partial charge in [0.15, 0.2) is 0 Å². The van der Waals surface area contributed by atoms with Crippen molar-refractivity contribution < 1.29 is 14.0 Å². The molecule has 0 unspecified atom stereocenters. The zero-order valence-corrected chi connectivity index (χ0v) is 16.0. The van der Waals surface area contributed by atoms with Gasteiger partial charge < -0.3 is 15.5 Å². The van der Waals surface area contributed by atoms with E-state index in [2.05, 4.69) is 10.6 Å². The fourth-order valence-corrected chi connectivity index (χ4v) is 3.71. The fourth-order valence-electron chi connectivity index (χ4n) is 3.71. The molecule has 5 nitrogen and oxygen atoms in total. The van der Waals surface area contributed by atoms with Gasteiger partial charge in [-0.05, 0) is 55.3 Å². The van der Waals surface area contributed by atoms with Gasteiger partial charge in [-0.2, -0.15) is 0 Å². The standard InChI is InChI=1S/C19H26FN3O2.ClH/c1-13(24)23-10-7-14(8-11-23)2-5-18(25)22-17-4-3-15-12-21-9-6-16(15)19(17)20;/h3-4,14,21H,2,5-12H2,1H3,(H,22,25);1H. The van der Waals surface area contributed by atoms with Crippen molar-refractivity contribution in [3.63, 3.8) is 0 Å². The summed E-state index contributed by atoms with van der Waals surface area (Å²) >= 11 is 0. The summed E-state index contributed by atoms with van der Waals surface area (Å²) in [6.07, 6.45) is 3.70. The average Bonchev–Trinajstić information content (AvgIpc) is 2.63. The van der Waals surface area contributed by atoms with Crippen molar-refractivity contribution in [3.05, 3.63) is 29.1 Å². The molecule has 0 atom stereocenters. The van der Waals surface area contributed by atoms with Crippen LogP contribution in [0.2, 0.25) is 0 Å². The predicted octanol–water partition coefficient (Wildman–Crippen LogP) is 2.87. The Hall–Kier alpha value is -1.66. The Morgan fingerprint density at radius 1 is 1.31 bits per heavy atom. The second-order valence-electron chi connectivity index (χ2n) is 7.03. The maximum Gasteiger partial charge on any atom is 0.224 e. The number of rotatable bonds is 4. The highest BCUT2D eigenvalue weighted by molar-refractivity contribution is 5.91. The van der Waals surface area contributed by atoms with Gasteiger partial charge in [-0.1, -0.05) is 6.07 Å². The predicted molar refractivity (Wildman–Crippen MR) is 102 cm³/mol. The highest BCUT2D eigenvalue weighted by atomic mass is 35.5. The molecule has 2 aliphatic rings. The highest BCUT2D eigenvalue weighted by Crippen LogP contribution is 2.26. The molecule has 0 bridgehead atoms. The first-order valence-electron chi connectivity index (χ1n) is 9.11. The normalized spacial score (nSPS) is 17.2. The number of anilines is 1. The number of benzene rings is 1. The lowest BCUT2D eigenvalue weighted by Crippen LogP contribution is -2.37. The summed E-state index contributed by atoms with van der Waals surface area (Å²) in [5.74, 6) is 0.152. The molecular weight excluding hydrogens is 357 g/mol. The van der Waals surface area contributed by atoms with E-state index in [1.54, 1.807) is 13.0 Å². The van der Waals surface area contributed by atoms with Crippen molar-refractivity contribution >= 4 is 29.9 Å². The number of hydrogen-bond acceptors (Lipinski definition) is 3. The third-order valence-electron chi connectivity index (χ3n) is 5.32.